The molecule has 154 valence electrons. The van der Waals surface area contributed by atoms with Gasteiger partial charge in [-0.05, 0) is 18.9 Å². The van der Waals surface area contributed by atoms with Gasteiger partial charge in [-0.3, -0.25) is 14.2 Å². The summed E-state index contributed by atoms with van der Waals surface area (Å²) in [5.41, 5.74) is 1.31. The molecule has 0 aliphatic heterocycles. The summed E-state index contributed by atoms with van der Waals surface area (Å²) in [6.07, 6.45) is 3.30. The van der Waals surface area contributed by atoms with Gasteiger partial charge in [-0.2, -0.15) is 4.98 Å². The van der Waals surface area contributed by atoms with Crippen molar-refractivity contribution in [2.75, 3.05) is 6.54 Å². The Kier molecular flexibility index (Phi) is 5.71. The number of hydrogen-bond acceptors (Lipinski definition) is 7. The molecule has 0 atom stereocenters. The van der Waals surface area contributed by atoms with Gasteiger partial charge in [0.05, 0.1) is 16.6 Å². The van der Waals surface area contributed by atoms with Gasteiger partial charge in [-0.1, -0.05) is 48.8 Å². The number of aromatic nitrogens is 4. The Balaban J connectivity index is 1.65. The number of thiophene rings is 1. The molecule has 1 amide bonds. The number of hydrogen-bond donors (Lipinski definition) is 1. The quantitative estimate of drug-likeness (QED) is 0.457. The van der Waals surface area contributed by atoms with Crippen molar-refractivity contribution in [3.63, 3.8) is 0 Å². The average molecular weight is 423 g/mol. The molecule has 30 heavy (non-hydrogen) atoms. The Morgan fingerprint density at radius 3 is 2.83 bits per heavy atom. The SMILES string of the molecule is CCCCNC(=O)Cn1cnc2sc(-c3nc(-c4ccccc4)no3)c(C)c2c1=O. The van der Waals surface area contributed by atoms with Crippen molar-refractivity contribution in [2.24, 2.45) is 0 Å². The number of carbonyl (C=O) groups is 1. The van der Waals surface area contributed by atoms with E-state index in [4.69, 9.17) is 4.52 Å². The first kappa shape index (κ1) is 20.0. The fourth-order valence-electron chi connectivity index (χ4n) is 3.11. The number of aryl methyl sites for hydroxylation is 1. The smallest absolute Gasteiger partial charge is 0.268 e. The van der Waals surface area contributed by atoms with Gasteiger partial charge in [0, 0.05) is 12.1 Å². The van der Waals surface area contributed by atoms with Gasteiger partial charge in [0.1, 0.15) is 11.4 Å². The highest BCUT2D eigenvalue weighted by molar-refractivity contribution is 7.22. The Bertz CT molecular complexity index is 1240. The number of rotatable bonds is 7. The third-order valence-corrected chi connectivity index (χ3v) is 5.92. The fourth-order valence-corrected chi connectivity index (χ4v) is 4.17. The first-order valence-corrected chi connectivity index (χ1v) is 10.5. The highest BCUT2D eigenvalue weighted by atomic mass is 32.1. The molecular weight excluding hydrogens is 402 g/mol. The number of nitrogens with zero attached hydrogens (tertiary/aromatic N) is 4. The molecule has 4 rings (SSSR count). The van der Waals surface area contributed by atoms with Crippen LogP contribution < -0.4 is 10.9 Å². The second kappa shape index (κ2) is 8.58. The molecule has 0 aliphatic rings. The lowest BCUT2D eigenvalue weighted by Gasteiger charge is -2.06. The second-order valence-corrected chi connectivity index (χ2v) is 7.91. The summed E-state index contributed by atoms with van der Waals surface area (Å²) in [5.74, 6) is 0.624. The normalized spacial score (nSPS) is 11.1. The molecule has 0 fully saturated rings. The van der Waals surface area contributed by atoms with E-state index >= 15 is 0 Å². The molecule has 1 N–H and O–H groups in total. The van der Waals surface area contributed by atoms with Crippen molar-refractivity contribution in [1.82, 2.24) is 25.0 Å². The largest absolute Gasteiger partial charge is 0.355 e. The van der Waals surface area contributed by atoms with Gasteiger partial charge in [0.15, 0.2) is 0 Å². The van der Waals surface area contributed by atoms with E-state index in [-0.39, 0.29) is 18.0 Å². The maximum Gasteiger partial charge on any atom is 0.268 e. The molecule has 3 aromatic heterocycles. The summed E-state index contributed by atoms with van der Waals surface area (Å²) in [6, 6.07) is 9.53. The van der Waals surface area contributed by atoms with Gasteiger partial charge in [0.2, 0.25) is 11.7 Å². The van der Waals surface area contributed by atoms with Crippen molar-refractivity contribution in [3.8, 4) is 22.2 Å². The zero-order chi connectivity index (χ0) is 21.1. The molecule has 4 aromatic rings. The molecule has 9 heteroatoms. The fraction of sp³-hybridized carbons (Fsp3) is 0.286. The van der Waals surface area contributed by atoms with Gasteiger partial charge in [-0.25, -0.2) is 4.98 Å². The zero-order valence-corrected chi connectivity index (χ0v) is 17.5. The van der Waals surface area contributed by atoms with Crippen molar-refractivity contribution in [3.05, 3.63) is 52.6 Å². The monoisotopic (exact) mass is 423 g/mol. The van der Waals surface area contributed by atoms with Crippen molar-refractivity contribution < 1.29 is 9.32 Å². The van der Waals surface area contributed by atoms with Crippen LogP contribution in [0.15, 0.2) is 46.0 Å². The maximum absolute atomic E-state index is 13.0. The number of benzene rings is 1. The molecule has 0 saturated heterocycles. The molecule has 3 heterocycles. The average Bonchev–Trinajstić information content (AvgIpc) is 3.36. The van der Waals surface area contributed by atoms with Crippen molar-refractivity contribution in [2.45, 2.75) is 33.2 Å². The molecule has 1 aromatic carbocycles. The molecule has 8 nitrogen and oxygen atoms in total. The van der Waals surface area contributed by atoms with E-state index in [2.05, 4.69) is 27.4 Å². The van der Waals surface area contributed by atoms with E-state index in [0.717, 1.165) is 24.0 Å². The first-order valence-electron chi connectivity index (χ1n) is 9.73. The predicted molar refractivity (Wildman–Crippen MR) is 115 cm³/mol. The number of unbranched alkanes of at least 4 members (excludes halogenated alkanes) is 1. The molecule has 0 radical (unpaired) electrons. The molecule has 0 spiro atoms. The molecule has 0 aliphatic carbocycles. The summed E-state index contributed by atoms with van der Waals surface area (Å²) in [4.78, 5) is 35.2. The summed E-state index contributed by atoms with van der Waals surface area (Å²) in [7, 11) is 0. The van der Waals surface area contributed by atoms with E-state index in [9.17, 15) is 9.59 Å². The second-order valence-electron chi connectivity index (χ2n) is 6.91. The first-order chi connectivity index (χ1) is 14.6. The summed E-state index contributed by atoms with van der Waals surface area (Å²) in [6.45, 7) is 4.42. The minimum atomic E-state index is -0.256. The van der Waals surface area contributed by atoms with Crippen LogP contribution in [0.4, 0.5) is 0 Å². The lowest BCUT2D eigenvalue weighted by molar-refractivity contribution is -0.121. The molecule has 0 saturated carbocycles. The highest BCUT2D eigenvalue weighted by Gasteiger charge is 2.21. The lowest BCUT2D eigenvalue weighted by atomic mass is 10.2. The van der Waals surface area contributed by atoms with E-state index in [1.807, 2.05) is 37.3 Å². The van der Waals surface area contributed by atoms with E-state index in [1.54, 1.807) is 0 Å². The van der Waals surface area contributed by atoms with Gasteiger partial charge in [-0.15, -0.1) is 11.3 Å². The number of amides is 1. The van der Waals surface area contributed by atoms with Crippen LogP contribution in [-0.4, -0.2) is 32.1 Å². The van der Waals surface area contributed by atoms with E-state index < -0.39 is 0 Å². The van der Waals surface area contributed by atoms with Crippen LogP contribution in [0.25, 0.3) is 32.4 Å². The molecular formula is C21H21N5O3S. The summed E-state index contributed by atoms with van der Waals surface area (Å²) >= 11 is 1.32. The minimum Gasteiger partial charge on any atom is -0.355 e. The van der Waals surface area contributed by atoms with Crippen molar-refractivity contribution in [1.29, 1.82) is 0 Å². The maximum atomic E-state index is 13.0. The van der Waals surface area contributed by atoms with Crippen molar-refractivity contribution >= 4 is 27.5 Å². The number of fused-ring (bicyclic) bond motifs is 1. The summed E-state index contributed by atoms with van der Waals surface area (Å²) in [5, 5.41) is 7.34. The van der Waals surface area contributed by atoms with Crippen LogP contribution in [0.1, 0.15) is 25.3 Å². The standard InChI is InChI=1S/C21H21N5O3S/c1-3-4-10-22-15(27)11-26-12-23-20-16(21(26)28)13(2)17(30-20)19-24-18(25-29-19)14-8-6-5-7-9-14/h5-9,12H,3-4,10-11H2,1-2H3,(H,22,27). The minimum absolute atomic E-state index is 0.0607. The Hall–Kier alpha value is -3.33. The molecule has 0 unspecified atom stereocenters. The van der Waals surface area contributed by atoms with Gasteiger partial charge < -0.3 is 9.84 Å². The Labute approximate surface area is 176 Å². The van der Waals surface area contributed by atoms with Crippen LogP contribution in [0.2, 0.25) is 0 Å². The highest BCUT2D eigenvalue weighted by Crippen LogP contribution is 2.35. The van der Waals surface area contributed by atoms with Crippen LogP contribution in [-0.2, 0) is 11.3 Å². The van der Waals surface area contributed by atoms with Gasteiger partial charge in [0.25, 0.3) is 11.4 Å². The van der Waals surface area contributed by atoms with Crippen LogP contribution in [0, 0.1) is 6.92 Å². The third kappa shape index (κ3) is 3.88. The van der Waals surface area contributed by atoms with E-state index in [0.29, 0.717) is 33.4 Å². The summed E-state index contributed by atoms with van der Waals surface area (Å²) < 4.78 is 6.78. The van der Waals surface area contributed by atoms with Crippen LogP contribution in [0.3, 0.4) is 0 Å². The van der Waals surface area contributed by atoms with Crippen LogP contribution >= 0.6 is 11.3 Å². The molecule has 0 bridgehead atoms. The topological polar surface area (TPSA) is 103 Å². The number of carbonyl (C=O) groups excluding carboxylic acids is 1. The lowest BCUT2D eigenvalue weighted by Crippen LogP contribution is -2.32. The Morgan fingerprint density at radius 2 is 2.07 bits per heavy atom. The predicted octanol–water partition coefficient (Wildman–Crippen LogP) is 3.40. The third-order valence-electron chi connectivity index (χ3n) is 4.74. The van der Waals surface area contributed by atoms with E-state index in [1.165, 1.54) is 22.2 Å². The Morgan fingerprint density at radius 1 is 1.27 bits per heavy atom. The zero-order valence-electron chi connectivity index (χ0n) is 16.7. The van der Waals surface area contributed by atoms with Crippen LogP contribution in [0.5, 0.6) is 0 Å². The van der Waals surface area contributed by atoms with Gasteiger partial charge >= 0.3 is 0 Å². The number of nitrogens with one attached hydrogen (secondary N) is 1.